The van der Waals surface area contributed by atoms with Gasteiger partial charge in [-0.2, -0.15) is 4.98 Å². The molecule has 2 rings (SSSR count). The third-order valence-electron chi connectivity index (χ3n) is 2.64. The molecule has 0 aliphatic rings. The average Bonchev–Trinajstić information content (AvgIpc) is 2.77. The molecule has 0 aromatic carbocycles. The highest BCUT2D eigenvalue weighted by Gasteiger charge is 2.12. The summed E-state index contributed by atoms with van der Waals surface area (Å²) in [7, 11) is 0. The van der Waals surface area contributed by atoms with E-state index in [2.05, 4.69) is 32.4 Å². The second-order valence-corrected chi connectivity index (χ2v) is 4.47. The fourth-order valence-corrected chi connectivity index (χ4v) is 1.66. The maximum absolute atomic E-state index is 5.70. The van der Waals surface area contributed by atoms with Gasteiger partial charge in [0.15, 0.2) is 0 Å². The zero-order valence-corrected chi connectivity index (χ0v) is 11.7. The lowest BCUT2D eigenvalue weighted by atomic mass is 10.3. The number of aromatic amines is 1. The molecule has 0 aliphatic carbocycles. The molecule has 0 unspecified atom stereocenters. The fraction of sp³-hybridized carbons (Fsp3) is 0.462. The van der Waals surface area contributed by atoms with Crippen molar-refractivity contribution in [1.82, 2.24) is 20.2 Å². The molecule has 0 aliphatic heterocycles. The quantitative estimate of drug-likeness (QED) is 0.865. The van der Waals surface area contributed by atoms with E-state index in [0.29, 0.717) is 17.6 Å². The van der Waals surface area contributed by atoms with Gasteiger partial charge in [-0.1, -0.05) is 6.92 Å². The summed E-state index contributed by atoms with van der Waals surface area (Å²) in [5, 5.41) is 10.2. The van der Waals surface area contributed by atoms with Crippen LogP contribution in [-0.4, -0.2) is 26.7 Å². The van der Waals surface area contributed by atoms with Crippen LogP contribution in [0.4, 0.5) is 5.82 Å². The standard InChI is InChI=1S/C13H19N5O/c1-5-6-14-12-9(3)13(16-10(4)15-12)19-11-7-8(2)17-18-11/h7H,5-6H2,1-4H3,(H,17,18)(H,14,15,16). The first-order valence-corrected chi connectivity index (χ1v) is 6.39. The first kappa shape index (κ1) is 13.3. The van der Waals surface area contributed by atoms with Crippen molar-refractivity contribution in [2.24, 2.45) is 0 Å². The average molecular weight is 261 g/mol. The number of H-pyrrole nitrogens is 1. The number of nitrogens with one attached hydrogen (secondary N) is 2. The first-order chi connectivity index (χ1) is 9.10. The summed E-state index contributed by atoms with van der Waals surface area (Å²) in [6.45, 7) is 8.69. The third kappa shape index (κ3) is 3.21. The molecule has 102 valence electrons. The van der Waals surface area contributed by atoms with Gasteiger partial charge < -0.3 is 10.1 Å². The van der Waals surface area contributed by atoms with Crippen molar-refractivity contribution in [3.63, 3.8) is 0 Å². The van der Waals surface area contributed by atoms with Gasteiger partial charge in [0.05, 0.1) is 5.56 Å². The summed E-state index contributed by atoms with van der Waals surface area (Å²) in [5.74, 6) is 2.54. The van der Waals surface area contributed by atoms with Gasteiger partial charge in [-0.3, -0.25) is 5.10 Å². The Morgan fingerprint density at radius 3 is 2.68 bits per heavy atom. The van der Waals surface area contributed by atoms with Crippen molar-refractivity contribution >= 4 is 5.82 Å². The Kier molecular flexibility index (Phi) is 3.99. The monoisotopic (exact) mass is 261 g/mol. The second kappa shape index (κ2) is 5.69. The van der Waals surface area contributed by atoms with Crippen molar-refractivity contribution in [1.29, 1.82) is 0 Å². The Labute approximate surface area is 112 Å². The highest BCUT2D eigenvalue weighted by Crippen LogP contribution is 2.26. The van der Waals surface area contributed by atoms with Gasteiger partial charge >= 0.3 is 0 Å². The van der Waals surface area contributed by atoms with Crippen LogP contribution in [0.25, 0.3) is 0 Å². The lowest BCUT2D eigenvalue weighted by Crippen LogP contribution is -2.07. The van der Waals surface area contributed by atoms with Crippen LogP contribution in [0.1, 0.15) is 30.4 Å². The molecule has 0 amide bonds. The van der Waals surface area contributed by atoms with E-state index in [0.717, 1.165) is 30.0 Å². The van der Waals surface area contributed by atoms with Gasteiger partial charge in [-0.05, 0) is 27.2 Å². The molecule has 2 aromatic rings. The molecule has 19 heavy (non-hydrogen) atoms. The van der Waals surface area contributed by atoms with Crippen LogP contribution in [0.3, 0.4) is 0 Å². The predicted molar refractivity (Wildman–Crippen MR) is 73.7 cm³/mol. The fourth-order valence-electron chi connectivity index (χ4n) is 1.66. The van der Waals surface area contributed by atoms with E-state index < -0.39 is 0 Å². The minimum Gasteiger partial charge on any atom is -0.419 e. The van der Waals surface area contributed by atoms with Crippen LogP contribution in [0.5, 0.6) is 11.8 Å². The van der Waals surface area contributed by atoms with Crippen molar-refractivity contribution < 1.29 is 4.74 Å². The molecule has 0 radical (unpaired) electrons. The normalized spacial score (nSPS) is 10.5. The van der Waals surface area contributed by atoms with Gasteiger partial charge in [-0.25, -0.2) is 4.98 Å². The number of aryl methyl sites for hydroxylation is 2. The zero-order chi connectivity index (χ0) is 13.8. The molecule has 0 saturated heterocycles. The second-order valence-electron chi connectivity index (χ2n) is 4.47. The number of ether oxygens (including phenoxy) is 1. The first-order valence-electron chi connectivity index (χ1n) is 6.39. The van der Waals surface area contributed by atoms with Gasteiger partial charge in [0.25, 0.3) is 0 Å². The number of aromatic nitrogens is 4. The van der Waals surface area contributed by atoms with E-state index in [9.17, 15) is 0 Å². The van der Waals surface area contributed by atoms with Gasteiger partial charge in [0, 0.05) is 18.3 Å². The summed E-state index contributed by atoms with van der Waals surface area (Å²) < 4.78 is 5.70. The Morgan fingerprint density at radius 1 is 1.26 bits per heavy atom. The van der Waals surface area contributed by atoms with Crippen molar-refractivity contribution in [2.75, 3.05) is 11.9 Å². The Morgan fingerprint density at radius 2 is 2.05 bits per heavy atom. The predicted octanol–water partition coefficient (Wildman–Crippen LogP) is 2.74. The summed E-state index contributed by atoms with van der Waals surface area (Å²) >= 11 is 0. The highest BCUT2D eigenvalue weighted by atomic mass is 16.5. The SMILES string of the molecule is CCCNc1nc(C)nc(Oc2cc(C)[nH]n2)c1C. The van der Waals surface area contributed by atoms with Crippen LogP contribution in [0.15, 0.2) is 6.07 Å². The number of nitrogens with zero attached hydrogens (tertiary/aromatic N) is 3. The largest absolute Gasteiger partial charge is 0.419 e. The van der Waals surface area contributed by atoms with E-state index in [1.807, 2.05) is 26.8 Å². The molecule has 0 fully saturated rings. The smallest absolute Gasteiger partial charge is 0.240 e. The maximum atomic E-state index is 5.70. The molecule has 6 nitrogen and oxygen atoms in total. The van der Waals surface area contributed by atoms with E-state index >= 15 is 0 Å². The van der Waals surface area contributed by atoms with Crippen LogP contribution in [0.2, 0.25) is 0 Å². The van der Waals surface area contributed by atoms with E-state index in [1.54, 1.807) is 0 Å². The number of hydrogen-bond donors (Lipinski definition) is 2. The lowest BCUT2D eigenvalue weighted by molar-refractivity contribution is 0.437. The van der Waals surface area contributed by atoms with Crippen LogP contribution < -0.4 is 10.1 Å². The van der Waals surface area contributed by atoms with Gasteiger partial charge in [-0.15, -0.1) is 5.10 Å². The van der Waals surface area contributed by atoms with Crippen molar-refractivity contribution in [2.45, 2.75) is 34.1 Å². The summed E-state index contributed by atoms with van der Waals surface area (Å²) in [5.41, 5.74) is 1.84. The molecule has 0 atom stereocenters. The molecule has 2 heterocycles. The minimum atomic E-state index is 0.514. The van der Waals surface area contributed by atoms with Gasteiger partial charge in [0.1, 0.15) is 11.6 Å². The zero-order valence-electron chi connectivity index (χ0n) is 11.7. The van der Waals surface area contributed by atoms with Gasteiger partial charge in [0.2, 0.25) is 11.8 Å². The van der Waals surface area contributed by atoms with E-state index in [4.69, 9.17) is 4.74 Å². The molecule has 2 aromatic heterocycles. The molecule has 0 saturated carbocycles. The Balaban J connectivity index is 2.26. The Hall–Kier alpha value is -2.11. The van der Waals surface area contributed by atoms with Crippen molar-refractivity contribution in [3.8, 4) is 11.8 Å². The topological polar surface area (TPSA) is 75.7 Å². The summed E-state index contributed by atoms with van der Waals surface area (Å²) in [6.07, 6.45) is 1.04. The molecule has 0 bridgehead atoms. The van der Waals surface area contributed by atoms with Crippen LogP contribution in [-0.2, 0) is 0 Å². The molecular weight excluding hydrogens is 242 g/mol. The molecule has 0 spiro atoms. The number of anilines is 1. The molecular formula is C13H19N5O. The van der Waals surface area contributed by atoms with Crippen LogP contribution >= 0.6 is 0 Å². The summed E-state index contributed by atoms with van der Waals surface area (Å²) in [6, 6.07) is 1.83. The Bertz CT molecular complexity index is 564. The molecule has 6 heteroatoms. The van der Waals surface area contributed by atoms with E-state index in [1.165, 1.54) is 0 Å². The van der Waals surface area contributed by atoms with Crippen LogP contribution in [0, 0.1) is 20.8 Å². The number of rotatable bonds is 5. The molecule has 2 N–H and O–H groups in total. The lowest BCUT2D eigenvalue weighted by Gasteiger charge is -2.11. The number of hydrogen-bond acceptors (Lipinski definition) is 5. The minimum absolute atomic E-state index is 0.514. The van der Waals surface area contributed by atoms with Crippen molar-refractivity contribution in [3.05, 3.63) is 23.1 Å². The highest BCUT2D eigenvalue weighted by molar-refractivity contribution is 5.49. The summed E-state index contributed by atoms with van der Waals surface area (Å²) in [4.78, 5) is 8.71. The van der Waals surface area contributed by atoms with E-state index in [-0.39, 0.29) is 0 Å². The maximum Gasteiger partial charge on any atom is 0.240 e. The third-order valence-corrected chi connectivity index (χ3v) is 2.64.